The largest absolute Gasteiger partial charge is 0.469 e. The molecule has 0 aliphatic carbocycles. The second-order valence-electron chi connectivity index (χ2n) is 8.61. The lowest BCUT2D eigenvalue weighted by atomic mass is 9.68. The topological polar surface area (TPSA) is 110 Å². The van der Waals surface area contributed by atoms with E-state index in [9.17, 15) is 18.7 Å². The standard InChI is InChI=1S/C24H25F2N4O4PS/c1-16-3-5-18(6-4-16)22-12-36-23(29-22)17(2)24(9-10-34-35(31,32)33,13-30-15-27-14-28-30)20-8-7-19(25)11-21(20)26/h3-8,11-12,14-15,17H,9-10,13H2,1-2H3,(H2,31,32,33)/t17-,24-/m0/s1. The number of thiazole rings is 1. The molecule has 0 amide bonds. The number of phosphoric ester groups is 1. The molecule has 4 aromatic rings. The van der Waals surface area contributed by atoms with Gasteiger partial charge < -0.3 is 9.79 Å². The molecule has 0 radical (unpaired) electrons. The van der Waals surface area contributed by atoms with Gasteiger partial charge in [0.05, 0.1) is 23.9 Å². The van der Waals surface area contributed by atoms with E-state index in [0.29, 0.717) is 5.01 Å². The Labute approximate surface area is 210 Å². The summed E-state index contributed by atoms with van der Waals surface area (Å²) >= 11 is 1.39. The molecule has 0 bridgehead atoms. The van der Waals surface area contributed by atoms with Crippen molar-refractivity contribution < 1.29 is 27.7 Å². The molecule has 2 atom stereocenters. The van der Waals surface area contributed by atoms with Gasteiger partial charge in [-0.3, -0.25) is 9.21 Å². The normalized spacial score (nSPS) is 14.5. The van der Waals surface area contributed by atoms with Crippen LogP contribution in [0, 0.1) is 18.6 Å². The molecule has 8 nitrogen and oxygen atoms in total. The molecule has 0 fully saturated rings. The predicted molar refractivity (Wildman–Crippen MR) is 131 cm³/mol. The van der Waals surface area contributed by atoms with Gasteiger partial charge in [0.1, 0.15) is 24.3 Å². The van der Waals surface area contributed by atoms with E-state index in [4.69, 9.17) is 9.51 Å². The summed E-state index contributed by atoms with van der Waals surface area (Å²) in [5.41, 5.74) is 1.79. The van der Waals surface area contributed by atoms with Crippen molar-refractivity contribution >= 4 is 19.2 Å². The first kappa shape index (κ1) is 26.2. The first-order valence-corrected chi connectivity index (χ1v) is 13.5. The van der Waals surface area contributed by atoms with Gasteiger partial charge in [0.15, 0.2) is 0 Å². The molecule has 2 aromatic heterocycles. The number of hydrogen-bond acceptors (Lipinski definition) is 6. The third-order valence-corrected chi connectivity index (χ3v) is 7.80. The zero-order valence-corrected chi connectivity index (χ0v) is 21.3. The Morgan fingerprint density at radius 1 is 1.19 bits per heavy atom. The highest BCUT2D eigenvalue weighted by Crippen LogP contribution is 2.47. The van der Waals surface area contributed by atoms with Crippen molar-refractivity contribution in [2.45, 2.75) is 38.1 Å². The van der Waals surface area contributed by atoms with Gasteiger partial charge in [0.25, 0.3) is 0 Å². The Bertz CT molecular complexity index is 1360. The predicted octanol–water partition coefficient (Wildman–Crippen LogP) is 5.23. The van der Waals surface area contributed by atoms with Gasteiger partial charge in [-0.2, -0.15) is 5.10 Å². The van der Waals surface area contributed by atoms with E-state index in [1.165, 1.54) is 34.7 Å². The molecule has 0 aliphatic heterocycles. The molecule has 190 valence electrons. The Hall–Kier alpha value is -2.82. The van der Waals surface area contributed by atoms with E-state index in [1.54, 1.807) is 0 Å². The highest BCUT2D eigenvalue weighted by atomic mass is 32.1. The number of nitrogens with zero attached hydrogens (tertiary/aromatic N) is 4. The summed E-state index contributed by atoms with van der Waals surface area (Å²) < 4.78 is 46.9. The highest BCUT2D eigenvalue weighted by Gasteiger charge is 2.43. The SMILES string of the molecule is Cc1ccc(-c2csc([C@H](C)[C@](CCOP(=O)(O)O)(Cn3cncn3)c3ccc(F)cc3F)n2)cc1. The van der Waals surface area contributed by atoms with Crippen LogP contribution >= 0.6 is 19.2 Å². The number of hydrogen-bond donors (Lipinski definition) is 2. The zero-order valence-electron chi connectivity index (χ0n) is 19.6. The fourth-order valence-electron chi connectivity index (χ4n) is 4.31. The third-order valence-electron chi connectivity index (χ3n) is 6.25. The van der Waals surface area contributed by atoms with Crippen molar-refractivity contribution in [3.05, 3.63) is 88.3 Å². The van der Waals surface area contributed by atoms with Gasteiger partial charge in [-0.15, -0.1) is 11.3 Å². The molecule has 0 unspecified atom stereocenters. The summed E-state index contributed by atoms with van der Waals surface area (Å²) in [6.07, 6.45) is 2.79. The minimum atomic E-state index is -4.78. The summed E-state index contributed by atoms with van der Waals surface area (Å²) in [4.78, 5) is 27.3. The molecule has 4 rings (SSSR count). The molecule has 36 heavy (non-hydrogen) atoms. The lowest BCUT2D eigenvalue weighted by molar-refractivity contribution is 0.158. The average Bonchev–Trinajstić information content (AvgIpc) is 3.50. The van der Waals surface area contributed by atoms with Crippen LogP contribution in [0.1, 0.15) is 35.4 Å². The first-order valence-electron chi connectivity index (χ1n) is 11.1. The van der Waals surface area contributed by atoms with Crippen molar-refractivity contribution in [2.75, 3.05) is 6.61 Å². The highest BCUT2D eigenvalue weighted by molar-refractivity contribution is 7.46. The smallest absolute Gasteiger partial charge is 0.303 e. The summed E-state index contributed by atoms with van der Waals surface area (Å²) in [5.74, 6) is -2.00. The molecule has 0 saturated heterocycles. The Morgan fingerprint density at radius 2 is 1.94 bits per heavy atom. The lowest BCUT2D eigenvalue weighted by Crippen LogP contribution is -2.39. The quantitative estimate of drug-likeness (QED) is 0.268. The number of halogens is 2. The van der Waals surface area contributed by atoms with Gasteiger partial charge in [0.2, 0.25) is 0 Å². The summed E-state index contributed by atoms with van der Waals surface area (Å²) in [5, 5.41) is 6.74. The Morgan fingerprint density at radius 3 is 2.58 bits per heavy atom. The molecule has 0 saturated carbocycles. The van der Waals surface area contributed by atoms with Gasteiger partial charge in [-0.05, 0) is 25.0 Å². The van der Waals surface area contributed by atoms with Crippen molar-refractivity contribution in [3.8, 4) is 11.3 Å². The van der Waals surface area contributed by atoms with Crippen molar-refractivity contribution in [1.82, 2.24) is 19.7 Å². The van der Waals surface area contributed by atoms with Gasteiger partial charge in [0, 0.05) is 28.3 Å². The van der Waals surface area contributed by atoms with E-state index in [-0.39, 0.29) is 25.1 Å². The Balaban J connectivity index is 1.81. The average molecular weight is 535 g/mol. The minimum Gasteiger partial charge on any atom is -0.303 e. The fraction of sp³-hybridized carbons (Fsp3) is 0.292. The molecule has 2 aromatic carbocycles. The number of phosphoric acid groups is 1. The van der Waals surface area contributed by atoms with Crippen molar-refractivity contribution in [3.63, 3.8) is 0 Å². The van der Waals surface area contributed by atoms with Crippen molar-refractivity contribution in [1.29, 1.82) is 0 Å². The molecule has 0 aliphatic rings. The third kappa shape index (κ3) is 5.93. The number of rotatable bonds is 10. The van der Waals surface area contributed by atoms with E-state index < -0.39 is 30.8 Å². The second-order valence-corrected chi connectivity index (χ2v) is 10.7. The lowest BCUT2D eigenvalue weighted by Gasteiger charge is -2.39. The number of aromatic nitrogens is 4. The maximum absolute atomic E-state index is 15.3. The number of benzene rings is 2. The van der Waals surface area contributed by atoms with Crippen LogP contribution in [0.4, 0.5) is 8.78 Å². The van der Waals surface area contributed by atoms with Crippen LogP contribution in [0.5, 0.6) is 0 Å². The molecule has 0 spiro atoms. The van der Waals surface area contributed by atoms with Crippen LogP contribution in [0.25, 0.3) is 11.3 Å². The minimum absolute atomic E-state index is 0.0128. The maximum atomic E-state index is 15.3. The van der Waals surface area contributed by atoms with E-state index in [2.05, 4.69) is 10.1 Å². The van der Waals surface area contributed by atoms with Gasteiger partial charge >= 0.3 is 7.82 Å². The van der Waals surface area contributed by atoms with E-state index in [1.807, 2.05) is 43.5 Å². The maximum Gasteiger partial charge on any atom is 0.469 e. The molecule has 12 heteroatoms. The molecule has 2 N–H and O–H groups in total. The van der Waals surface area contributed by atoms with Crippen LogP contribution in [0.3, 0.4) is 0 Å². The molecular weight excluding hydrogens is 509 g/mol. The molecular formula is C24H25F2N4O4PS. The van der Waals surface area contributed by atoms with Crippen molar-refractivity contribution in [2.24, 2.45) is 0 Å². The van der Waals surface area contributed by atoms with Crippen LogP contribution in [0.2, 0.25) is 0 Å². The summed E-state index contributed by atoms with van der Waals surface area (Å²) in [6, 6.07) is 11.2. The van der Waals surface area contributed by atoms with Crippen LogP contribution < -0.4 is 0 Å². The van der Waals surface area contributed by atoms with E-state index in [0.717, 1.165) is 29.0 Å². The Kier molecular flexibility index (Phi) is 7.77. The first-order chi connectivity index (χ1) is 17.1. The van der Waals surface area contributed by atoms with Crippen LogP contribution in [-0.2, 0) is 21.0 Å². The van der Waals surface area contributed by atoms with Crippen LogP contribution in [0.15, 0.2) is 60.5 Å². The zero-order chi connectivity index (χ0) is 25.9. The van der Waals surface area contributed by atoms with E-state index >= 15 is 4.39 Å². The summed E-state index contributed by atoms with van der Waals surface area (Å²) in [6.45, 7) is 3.56. The second kappa shape index (κ2) is 10.7. The van der Waals surface area contributed by atoms with Gasteiger partial charge in [-0.1, -0.05) is 42.8 Å². The molecule has 2 heterocycles. The van der Waals surface area contributed by atoms with Gasteiger partial charge in [-0.25, -0.2) is 23.3 Å². The van der Waals surface area contributed by atoms with Crippen LogP contribution in [-0.4, -0.2) is 36.1 Å². The monoisotopic (exact) mass is 534 g/mol. The summed E-state index contributed by atoms with van der Waals surface area (Å²) in [7, 11) is -4.78. The number of aryl methyl sites for hydroxylation is 1. The fourth-order valence-corrected chi connectivity index (χ4v) is 5.64.